The topological polar surface area (TPSA) is 74.8 Å². The molecule has 0 radical (unpaired) electrons. The first-order valence-corrected chi connectivity index (χ1v) is 9.41. The smallest absolute Gasteiger partial charge is 0.261 e. The summed E-state index contributed by atoms with van der Waals surface area (Å²) in [6.45, 7) is 2.07. The second-order valence-electron chi connectivity index (χ2n) is 6.17. The second-order valence-corrected chi connectivity index (χ2v) is 7.12. The number of fused-ring (bicyclic) bond motifs is 1. The van der Waals surface area contributed by atoms with Crippen LogP contribution in [-0.4, -0.2) is 15.9 Å². The Balaban J connectivity index is 1.55. The summed E-state index contributed by atoms with van der Waals surface area (Å²) in [5.41, 5.74) is 3.08. The van der Waals surface area contributed by atoms with Gasteiger partial charge in [0.25, 0.3) is 11.5 Å². The molecule has 0 saturated carbocycles. The van der Waals surface area contributed by atoms with Crippen LogP contribution in [-0.2, 0) is 6.54 Å². The van der Waals surface area contributed by atoms with Crippen LogP contribution >= 0.6 is 11.3 Å². The fourth-order valence-corrected chi connectivity index (χ4v) is 3.80. The lowest BCUT2D eigenvalue weighted by molar-refractivity contribution is 0.0949. The fraction of sp³-hybridized carbons (Fsp3) is 0.0952. The molecule has 2 aromatic heterocycles. The highest BCUT2D eigenvalue weighted by Crippen LogP contribution is 2.21. The Kier molecular flexibility index (Phi) is 4.56. The Bertz CT molecular complexity index is 1180. The number of carbonyl (C=O) groups excluding carboxylic acids is 1. The van der Waals surface area contributed by atoms with Gasteiger partial charge in [-0.2, -0.15) is 0 Å². The highest BCUT2D eigenvalue weighted by molar-refractivity contribution is 7.09. The number of carbonyl (C=O) groups is 1. The van der Waals surface area contributed by atoms with Crippen molar-refractivity contribution < 1.29 is 4.79 Å². The number of rotatable bonds is 4. The summed E-state index contributed by atoms with van der Waals surface area (Å²) in [5, 5.41) is 6.43. The number of amides is 1. The Morgan fingerprint density at radius 1 is 1.11 bits per heavy atom. The van der Waals surface area contributed by atoms with Crippen molar-refractivity contribution in [3.05, 3.63) is 86.5 Å². The monoisotopic (exact) mass is 375 g/mol. The standard InChI is InChI=1S/C21H17N3O2S/c1-13-15-9-5-6-10-16(15)24-21(26)19(13)20(25)22-11-18-23-17(12-27-18)14-7-3-2-4-8-14/h2-10,12H,11H2,1H3,(H,22,25)(H,24,26). The molecule has 0 aliphatic heterocycles. The van der Waals surface area contributed by atoms with Crippen LogP contribution in [0.2, 0.25) is 0 Å². The van der Waals surface area contributed by atoms with Gasteiger partial charge in [0.1, 0.15) is 10.6 Å². The molecule has 2 aromatic carbocycles. The maximum absolute atomic E-state index is 12.6. The molecular weight excluding hydrogens is 358 g/mol. The van der Waals surface area contributed by atoms with Gasteiger partial charge in [0.2, 0.25) is 0 Å². The Morgan fingerprint density at radius 2 is 1.85 bits per heavy atom. The highest BCUT2D eigenvalue weighted by atomic mass is 32.1. The molecule has 134 valence electrons. The summed E-state index contributed by atoms with van der Waals surface area (Å²) in [6.07, 6.45) is 0. The van der Waals surface area contributed by atoms with E-state index in [4.69, 9.17) is 0 Å². The molecular formula is C21H17N3O2S. The summed E-state index contributed by atoms with van der Waals surface area (Å²) in [6, 6.07) is 17.3. The first kappa shape index (κ1) is 17.2. The van der Waals surface area contributed by atoms with E-state index >= 15 is 0 Å². The third kappa shape index (κ3) is 3.39. The number of pyridine rings is 1. The molecule has 1 amide bonds. The van der Waals surface area contributed by atoms with Gasteiger partial charge >= 0.3 is 0 Å². The van der Waals surface area contributed by atoms with E-state index in [-0.39, 0.29) is 17.7 Å². The second kappa shape index (κ2) is 7.17. The normalized spacial score (nSPS) is 10.9. The molecule has 2 N–H and O–H groups in total. The minimum Gasteiger partial charge on any atom is -0.345 e. The zero-order chi connectivity index (χ0) is 18.8. The number of aromatic amines is 1. The molecule has 0 atom stereocenters. The lowest BCUT2D eigenvalue weighted by Crippen LogP contribution is -2.30. The summed E-state index contributed by atoms with van der Waals surface area (Å²) in [5.74, 6) is -0.393. The number of para-hydroxylation sites is 1. The average molecular weight is 375 g/mol. The lowest BCUT2D eigenvalue weighted by atomic mass is 10.0. The predicted octanol–water partition coefficient (Wildman–Crippen LogP) is 3.89. The van der Waals surface area contributed by atoms with Crippen LogP contribution in [0.15, 0.2) is 64.8 Å². The van der Waals surface area contributed by atoms with Crippen molar-refractivity contribution >= 4 is 28.1 Å². The quantitative estimate of drug-likeness (QED) is 0.568. The van der Waals surface area contributed by atoms with Crippen molar-refractivity contribution in [1.29, 1.82) is 0 Å². The highest BCUT2D eigenvalue weighted by Gasteiger charge is 2.17. The van der Waals surface area contributed by atoms with Crippen LogP contribution in [0.5, 0.6) is 0 Å². The van der Waals surface area contributed by atoms with Gasteiger partial charge in [-0.3, -0.25) is 9.59 Å². The van der Waals surface area contributed by atoms with Gasteiger partial charge < -0.3 is 10.3 Å². The first-order valence-electron chi connectivity index (χ1n) is 8.53. The zero-order valence-corrected chi connectivity index (χ0v) is 15.5. The molecule has 27 heavy (non-hydrogen) atoms. The summed E-state index contributed by atoms with van der Waals surface area (Å²) < 4.78 is 0. The van der Waals surface area contributed by atoms with E-state index in [1.165, 1.54) is 11.3 Å². The molecule has 0 saturated heterocycles. The molecule has 6 heteroatoms. The van der Waals surface area contributed by atoms with E-state index in [2.05, 4.69) is 15.3 Å². The molecule has 0 bridgehead atoms. The van der Waals surface area contributed by atoms with Crippen LogP contribution in [0.4, 0.5) is 0 Å². The number of nitrogens with zero attached hydrogens (tertiary/aromatic N) is 1. The van der Waals surface area contributed by atoms with Crippen molar-refractivity contribution in [3.63, 3.8) is 0 Å². The molecule has 2 heterocycles. The third-order valence-corrected chi connectivity index (χ3v) is 5.28. The lowest BCUT2D eigenvalue weighted by Gasteiger charge is -2.08. The van der Waals surface area contributed by atoms with Gasteiger partial charge in [-0.05, 0) is 18.6 Å². The van der Waals surface area contributed by atoms with E-state index in [1.807, 2.05) is 60.0 Å². The summed E-state index contributed by atoms with van der Waals surface area (Å²) in [7, 11) is 0. The maximum Gasteiger partial charge on any atom is 0.261 e. The fourth-order valence-electron chi connectivity index (χ4n) is 3.06. The molecule has 5 nitrogen and oxygen atoms in total. The van der Waals surface area contributed by atoms with Crippen LogP contribution in [0.25, 0.3) is 22.2 Å². The van der Waals surface area contributed by atoms with E-state index in [0.29, 0.717) is 5.56 Å². The first-order chi connectivity index (χ1) is 13.1. The van der Waals surface area contributed by atoms with Crippen LogP contribution in [0.3, 0.4) is 0 Å². The maximum atomic E-state index is 12.6. The summed E-state index contributed by atoms with van der Waals surface area (Å²) >= 11 is 1.48. The molecule has 0 spiro atoms. The number of hydrogen-bond acceptors (Lipinski definition) is 4. The Hall–Kier alpha value is -3.25. The van der Waals surface area contributed by atoms with E-state index in [1.54, 1.807) is 6.92 Å². The van der Waals surface area contributed by atoms with Gasteiger partial charge in [-0.15, -0.1) is 11.3 Å². The van der Waals surface area contributed by atoms with Crippen molar-refractivity contribution in [2.24, 2.45) is 0 Å². The number of thiazole rings is 1. The Labute approximate surface area is 159 Å². The number of aromatic nitrogens is 2. The van der Waals surface area contributed by atoms with Crippen LogP contribution in [0.1, 0.15) is 20.9 Å². The minimum atomic E-state index is -0.393. The molecule has 0 unspecified atom stereocenters. The van der Waals surface area contributed by atoms with E-state index in [9.17, 15) is 9.59 Å². The number of H-pyrrole nitrogens is 1. The van der Waals surface area contributed by atoms with Crippen molar-refractivity contribution in [1.82, 2.24) is 15.3 Å². The number of aryl methyl sites for hydroxylation is 1. The average Bonchev–Trinajstić information content (AvgIpc) is 3.16. The van der Waals surface area contributed by atoms with Gasteiger partial charge in [-0.1, -0.05) is 48.5 Å². The largest absolute Gasteiger partial charge is 0.345 e. The summed E-state index contributed by atoms with van der Waals surface area (Å²) in [4.78, 5) is 32.3. The Morgan fingerprint density at radius 3 is 2.67 bits per heavy atom. The molecule has 4 rings (SSSR count). The van der Waals surface area contributed by atoms with Gasteiger partial charge in [-0.25, -0.2) is 4.98 Å². The van der Waals surface area contributed by atoms with E-state index in [0.717, 1.165) is 27.2 Å². The number of nitrogens with one attached hydrogen (secondary N) is 2. The minimum absolute atomic E-state index is 0.147. The number of hydrogen-bond donors (Lipinski definition) is 2. The van der Waals surface area contributed by atoms with Crippen LogP contribution < -0.4 is 10.9 Å². The van der Waals surface area contributed by atoms with Gasteiger partial charge in [0.15, 0.2) is 0 Å². The molecule has 0 aliphatic carbocycles. The zero-order valence-electron chi connectivity index (χ0n) is 14.7. The third-order valence-electron chi connectivity index (χ3n) is 4.43. The van der Waals surface area contributed by atoms with Crippen molar-refractivity contribution in [2.75, 3.05) is 0 Å². The van der Waals surface area contributed by atoms with Crippen molar-refractivity contribution in [3.8, 4) is 11.3 Å². The van der Waals surface area contributed by atoms with Crippen LogP contribution in [0, 0.1) is 6.92 Å². The predicted molar refractivity (Wildman–Crippen MR) is 108 cm³/mol. The molecule has 4 aromatic rings. The number of benzene rings is 2. The van der Waals surface area contributed by atoms with Crippen molar-refractivity contribution in [2.45, 2.75) is 13.5 Å². The molecule has 0 aliphatic rings. The van der Waals surface area contributed by atoms with Gasteiger partial charge in [0, 0.05) is 21.8 Å². The molecule has 0 fully saturated rings. The van der Waals surface area contributed by atoms with Gasteiger partial charge in [0.05, 0.1) is 12.2 Å². The SMILES string of the molecule is Cc1c(C(=O)NCc2nc(-c3ccccc3)cs2)c(=O)[nH]c2ccccc12. The van der Waals surface area contributed by atoms with E-state index < -0.39 is 5.91 Å².